The highest BCUT2D eigenvalue weighted by Crippen LogP contribution is 2.31. The largest absolute Gasteiger partial charge is 0.383 e. The standard InChI is InChI=1S/C10H11NOS2/c1-6-10(14-5-11-6)9(12)8-3-4-13-7(8)2/h3-5,9,12H,1-2H3. The summed E-state index contributed by atoms with van der Waals surface area (Å²) in [5.74, 6) is 0. The molecule has 0 amide bonds. The van der Waals surface area contributed by atoms with Crippen LogP contribution in [0.15, 0.2) is 17.0 Å². The minimum absolute atomic E-state index is 0.506. The van der Waals surface area contributed by atoms with Crippen LogP contribution in [-0.2, 0) is 0 Å². The van der Waals surface area contributed by atoms with E-state index in [0.29, 0.717) is 0 Å². The number of aromatic nitrogens is 1. The van der Waals surface area contributed by atoms with E-state index in [-0.39, 0.29) is 0 Å². The van der Waals surface area contributed by atoms with Crippen molar-refractivity contribution in [1.29, 1.82) is 0 Å². The molecule has 2 aromatic rings. The van der Waals surface area contributed by atoms with E-state index in [2.05, 4.69) is 4.98 Å². The molecule has 4 heteroatoms. The fourth-order valence-electron chi connectivity index (χ4n) is 1.39. The van der Waals surface area contributed by atoms with Crippen molar-refractivity contribution in [3.8, 4) is 0 Å². The van der Waals surface area contributed by atoms with E-state index in [1.165, 1.54) is 16.2 Å². The molecule has 0 saturated carbocycles. The third-order valence-corrected chi connectivity index (χ3v) is 4.07. The summed E-state index contributed by atoms with van der Waals surface area (Å²) in [6.07, 6.45) is -0.506. The highest BCUT2D eigenvalue weighted by molar-refractivity contribution is 7.10. The second-order valence-electron chi connectivity index (χ2n) is 3.14. The Morgan fingerprint density at radius 2 is 2.14 bits per heavy atom. The van der Waals surface area contributed by atoms with Gasteiger partial charge < -0.3 is 5.11 Å². The Hall–Kier alpha value is -0.710. The summed E-state index contributed by atoms with van der Waals surface area (Å²) >= 11 is 3.17. The second-order valence-corrected chi connectivity index (χ2v) is 5.14. The Kier molecular flexibility index (Phi) is 2.67. The third kappa shape index (κ3) is 1.61. The highest BCUT2D eigenvalue weighted by Gasteiger charge is 2.17. The average Bonchev–Trinajstić information content (AvgIpc) is 2.73. The summed E-state index contributed by atoms with van der Waals surface area (Å²) in [7, 11) is 0. The zero-order valence-corrected chi connectivity index (χ0v) is 9.65. The minimum atomic E-state index is -0.506. The number of thiazole rings is 1. The topological polar surface area (TPSA) is 33.1 Å². The Morgan fingerprint density at radius 1 is 1.36 bits per heavy atom. The van der Waals surface area contributed by atoms with Crippen molar-refractivity contribution >= 4 is 22.7 Å². The molecule has 0 aliphatic carbocycles. The predicted octanol–water partition coefficient (Wildman–Crippen LogP) is 2.90. The first-order chi connectivity index (χ1) is 6.70. The van der Waals surface area contributed by atoms with Gasteiger partial charge in [-0.15, -0.1) is 22.7 Å². The van der Waals surface area contributed by atoms with Gasteiger partial charge in [0.25, 0.3) is 0 Å². The number of thiophene rings is 1. The van der Waals surface area contributed by atoms with Gasteiger partial charge >= 0.3 is 0 Å². The quantitative estimate of drug-likeness (QED) is 0.852. The van der Waals surface area contributed by atoms with Crippen molar-refractivity contribution in [2.45, 2.75) is 20.0 Å². The normalized spacial score (nSPS) is 13.1. The molecule has 0 saturated heterocycles. The van der Waals surface area contributed by atoms with Crippen LogP contribution >= 0.6 is 22.7 Å². The van der Waals surface area contributed by atoms with Crippen LogP contribution in [0.2, 0.25) is 0 Å². The molecule has 2 nitrogen and oxygen atoms in total. The van der Waals surface area contributed by atoms with Crippen molar-refractivity contribution in [3.05, 3.63) is 38.0 Å². The number of aliphatic hydroxyl groups is 1. The number of nitrogens with zero attached hydrogens (tertiary/aromatic N) is 1. The molecular weight excluding hydrogens is 214 g/mol. The summed E-state index contributed by atoms with van der Waals surface area (Å²) in [6.45, 7) is 3.95. The fourth-order valence-corrected chi connectivity index (χ4v) is 2.93. The first-order valence-corrected chi connectivity index (χ1v) is 6.08. The van der Waals surface area contributed by atoms with Crippen molar-refractivity contribution in [2.75, 3.05) is 0 Å². The molecule has 0 radical (unpaired) electrons. The van der Waals surface area contributed by atoms with Gasteiger partial charge in [-0.25, -0.2) is 4.98 Å². The van der Waals surface area contributed by atoms with Crippen LogP contribution in [0.5, 0.6) is 0 Å². The fraction of sp³-hybridized carbons (Fsp3) is 0.300. The van der Waals surface area contributed by atoms with E-state index >= 15 is 0 Å². The number of hydrogen-bond donors (Lipinski definition) is 1. The van der Waals surface area contributed by atoms with Gasteiger partial charge in [0.15, 0.2) is 0 Å². The minimum Gasteiger partial charge on any atom is -0.383 e. The average molecular weight is 225 g/mol. The van der Waals surface area contributed by atoms with E-state index in [9.17, 15) is 5.11 Å². The zero-order chi connectivity index (χ0) is 10.1. The molecule has 2 heterocycles. The van der Waals surface area contributed by atoms with Crippen LogP contribution in [0, 0.1) is 13.8 Å². The summed E-state index contributed by atoms with van der Waals surface area (Å²) in [5.41, 5.74) is 3.70. The van der Waals surface area contributed by atoms with Gasteiger partial charge in [0.1, 0.15) is 6.10 Å². The first kappa shape index (κ1) is 9.83. The van der Waals surface area contributed by atoms with E-state index in [1.807, 2.05) is 25.3 Å². The van der Waals surface area contributed by atoms with Crippen molar-refractivity contribution < 1.29 is 5.11 Å². The molecule has 2 aromatic heterocycles. The first-order valence-electron chi connectivity index (χ1n) is 4.32. The highest BCUT2D eigenvalue weighted by atomic mass is 32.1. The van der Waals surface area contributed by atoms with Crippen LogP contribution in [0.25, 0.3) is 0 Å². The van der Waals surface area contributed by atoms with Crippen LogP contribution in [0.3, 0.4) is 0 Å². The molecule has 1 N–H and O–H groups in total. The number of rotatable bonds is 2. The Bertz CT molecular complexity index is 393. The maximum Gasteiger partial charge on any atom is 0.116 e. The zero-order valence-electron chi connectivity index (χ0n) is 8.02. The van der Waals surface area contributed by atoms with Crippen LogP contribution in [0.4, 0.5) is 0 Å². The number of hydrogen-bond acceptors (Lipinski definition) is 4. The van der Waals surface area contributed by atoms with Gasteiger partial charge in [0.05, 0.1) is 16.1 Å². The molecule has 14 heavy (non-hydrogen) atoms. The lowest BCUT2D eigenvalue weighted by molar-refractivity contribution is 0.223. The maximum absolute atomic E-state index is 10.1. The monoisotopic (exact) mass is 225 g/mol. The Morgan fingerprint density at radius 3 is 2.64 bits per heavy atom. The second kappa shape index (κ2) is 3.81. The molecule has 1 atom stereocenters. The number of aryl methyl sites for hydroxylation is 2. The molecule has 0 aliphatic rings. The van der Waals surface area contributed by atoms with Crippen LogP contribution in [-0.4, -0.2) is 10.1 Å². The predicted molar refractivity (Wildman–Crippen MR) is 60.0 cm³/mol. The van der Waals surface area contributed by atoms with E-state index in [0.717, 1.165) is 16.1 Å². The lowest BCUT2D eigenvalue weighted by Crippen LogP contribution is -1.98. The number of aliphatic hydroxyl groups excluding tert-OH is 1. The van der Waals surface area contributed by atoms with E-state index in [1.54, 1.807) is 16.8 Å². The van der Waals surface area contributed by atoms with Crippen LogP contribution < -0.4 is 0 Å². The smallest absolute Gasteiger partial charge is 0.116 e. The van der Waals surface area contributed by atoms with E-state index in [4.69, 9.17) is 0 Å². The Balaban J connectivity index is 2.38. The van der Waals surface area contributed by atoms with Gasteiger partial charge in [-0.3, -0.25) is 0 Å². The molecule has 0 spiro atoms. The third-order valence-electron chi connectivity index (χ3n) is 2.22. The van der Waals surface area contributed by atoms with Crippen molar-refractivity contribution in [2.24, 2.45) is 0 Å². The summed E-state index contributed by atoms with van der Waals surface area (Å²) in [6, 6.07) is 1.98. The lowest BCUT2D eigenvalue weighted by Gasteiger charge is -2.08. The SMILES string of the molecule is Cc1ncsc1C(O)c1ccsc1C. The molecular formula is C10H11NOS2. The van der Waals surface area contributed by atoms with Gasteiger partial charge in [-0.1, -0.05) is 0 Å². The van der Waals surface area contributed by atoms with Gasteiger partial charge in [-0.05, 0) is 30.9 Å². The summed E-state index contributed by atoms with van der Waals surface area (Å²) < 4.78 is 0. The van der Waals surface area contributed by atoms with Crippen molar-refractivity contribution in [1.82, 2.24) is 4.98 Å². The van der Waals surface area contributed by atoms with Crippen molar-refractivity contribution in [3.63, 3.8) is 0 Å². The molecule has 1 unspecified atom stereocenters. The summed E-state index contributed by atoms with van der Waals surface area (Å²) in [5, 5.41) is 12.1. The molecule has 0 fully saturated rings. The molecule has 0 aliphatic heterocycles. The van der Waals surface area contributed by atoms with Gasteiger partial charge in [0, 0.05) is 4.88 Å². The summed E-state index contributed by atoms with van der Waals surface area (Å²) in [4.78, 5) is 6.26. The van der Waals surface area contributed by atoms with E-state index < -0.39 is 6.10 Å². The molecule has 74 valence electrons. The lowest BCUT2D eigenvalue weighted by atomic mass is 10.1. The van der Waals surface area contributed by atoms with Gasteiger partial charge in [0.2, 0.25) is 0 Å². The molecule has 0 aromatic carbocycles. The maximum atomic E-state index is 10.1. The molecule has 2 rings (SSSR count). The van der Waals surface area contributed by atoms with Crippen LogP contribution in [0.1, 0.15) is 27.1 Å². The molecule has 0 bridgehead atoms. The Labute approximate surface area is 90.9 Å². The van der Waals surface area contributed by atoms with Gasteiger partial charge in [-0.2, -0.15) is 0 Å².